The first kappa shape index (κ1) is 41.8. The second-order valence-electron chi connectivity index (χ2n) is 13.0. The monoisotopic (exact) mass is 645 g/mol. The molecule has 11 heteroatoms. The first-order valence-electron chi connectivity index (χ1n) is 17.1. The lowest BCUT2D eigenvalue weighted by Gasteiger charge is -2.23. The number of aliphatic hydroxyl groups excluding tert-OH is 9. The lowest BCUT2D eigenvalue weighted by atomic mass is 9.95. The first-order valence-corrected chi connectivity index (χ1v) is 17.1. The normalized spacial score (nSPS) is 20.9. The molecule has 0 aromatic rings. The Balaban J connectivity index is 2.18. The fraction of sp³-hybridized carbons (Fsp3) is 0.853. The molecular formula is C34H63NO10. The van der Waals surface area contributed by atoms with Gasteiger partial charge in [0, 0.05) is 31.7 Å². The van der Waals surface area contributed by atoms with Crippen LogP contribution in [0.2, 0.25) is 0 Å². The summed E-state index contributed by atoms with van der Waals surface area (Å²) >= 11 is 0. The molecule has 0 aliphatic heterocycles. The molecule has 0 spiro atoms. The van der Waals surface area contributed by atoms with Crippen LogP contribution in [-0.2, 0) is 4.79 Å². The molecule has 9 atom stereocenters. The second kappa shape index (κ2) is 24.9. The van der Waals surface area contributed by atoms with Crippen LogP contribution in [0.25, 0.3) is 0 Å². The molecule has 0 aromatic heterocycles. The maximum Gasteiger partial charge on any atom is 0.135 e. The van der Waals surface area contributed by atoms with E-state index in [1.165, 1.54) is 50.3 Å². The van der Waals surface area contributed by atoms with Gasteiger partial charge >= 0.3 is 0 Å². The second-order valence-corrected chi connectivity index (χ2v) is 13.0. The molecule has 9 unspecified atom stereocenters. The van der Waals surface area contributed by atoms with Gasteiger partial charge in [0.15, 0.2) is 0 Å². The van der Waals surface area contributed by atoms with Crippen molar-refractivity contribution < 1.29 is 50.8 Å². The van der Waals surface area contributed by atoms with Gasteiger partial charge in [0.05, 0.1) is 54.9 Å². The predicted molar refractivity (Wildman–Crippen MR) is 173 cm³/mol. The minimum Gasteiger partial charge on any atom is -0.393 e. The van der Waals surface area contributed by atoms with Crippen molar-refractivity contribution in [3.63, 3.8) is 0 Å². The smallest absolute Gasteiger partial charge is 0.135 e. The molecule has 0 bridgehead atoms. The molecule has 1 rings (SSSR count). The molecule has 0 radical (unpaired) electrons. The molecule has 45 heavy (non-hydrogen) atoms. The van der Waals surface area contributed by atoms with Crippen molar-refractivity contribution in [2.75, 3.05) is 6.54 Å². The van der Waals surface area contributed by atoms with Gasteiger partial charge < -0.3 is 51.3 Å². The summed E-state index contributed by atoms with van der Waals surface area (Å²) in [5, 5.41) is 94.7. The maximum atomic E-state index is 11.4. The van der Waals surface area contributed by atoms with Crippen LogP contribution < -0.4 is 5.32 Å². The maximum absolute atomic E-state index is 11.4. The van der Waals surface area contributed by atoms with E-state index in [2.05, 4.69) is 5.32 Å². The highest BCUT2D eigenvalue weighted by Gasteiger charge is 2.20. The number of ketones is 1. The quantitative estimate of drug-likeness (QED) is 0.0482. The average Bonchev–Trinajstić information content (AvgIpc) is 2.95. The Morgan fingerprint density at radius 1 is 0.644 bits per heavy atom. The van der Waals surface area contributed by atoms with E-state index in [9.17, 15) is 50.8 Å². The van der Waals surface area contributed by atoms with E-state index in [0.29, 0.717) is 18.9 Å². The lowest BCUT2D eigenvalue weighted by molar-refractivity contribution is -0.121. The Kier molecular flexibility index (Phi) is 23.1. The van der Waals surface area contributed by atoms with Crippen LogP contribution in [0.5, 0.6) is 0 Å². The molecule has 1 fully saturated rings. The van der Waals surface area contributed by atoms with Gasteiger partial charge in [-0.15, -0.1) is 0 Å². The summed E-state index contributed by atoms with van der Waals surface area (Å²) in [5.74, 6) is -0.102. The van der Waals surface area contributed by atoms with Crippen LogP contribution in [0, 0.1) is 0 Å². The Morgan fingerprint density at radius 3 is 1.64 bits per heavy atom. The van der Waals surface area contributed by atoms with Crippen molar-refractivity contribution in [3.8, 4) is 0 Å². The summed E-state index contributed by atoms with van der Waals surface area (Å²) < 4.78 is 0. The van der Waals surface area contributed by atoms with Gasteiger partial charge in [-0.05, 0) is 70.8 Å². The first-order chi connectivity index (χ1) is 21.4. The SMILES string of the molecule is CCC(=O)CC(O)CC(O)CC(O)C=CCC(O)CC(O)CC(O)CC(O)C=CCC(O)CC(O)CCCNC1CCCCC1. The number of aliphatic hydroxyl groups is 9. The highest BCUT2D eigenvalue weighted by atomic mass is 16.3. The number of Topliss-reactive ketones (excluding diaryl/α,β-unsaturated/α-hetero) is 1. The number of carbonyl (C=O) groups excluding carboxylic acids is 1. The highest BCUT2D eigenvalue weighted by Crippen LogP contribution is 2.18. The summed E-state index contributed by atoms with van der Waals surface area (Å²) in [7, 11) is 0. The molecule has 1 aliphatic rings. The number of carbonyl (C=O) groups is 1. The van der Waals surface area contributed by atoms with Gasteiger partial charge in [-0.25, -0.2) is 0 Å². The van der Waals surface area contributed by atoms with E-state index in [0.717, 1.165) is 13.0 Å². The van der Waals surface area contributed by atoms with Crippen LogP contribution in [0.4, 0.5) is 0 Å². The fourth-order valence-electron chi connectivity index (χ4n) is 5.80. The zero-order valence-corrected chi connectivity index (χ0v) is 27.2. The third kappa shape index (κ3) is 22.8. The van der Waals surface area contributed by atoms with Gasteiger partial charge in [-0.3, -0.25) is 4.79 Å². The lowest BCUT2D eigenvalue weighted by Crippen LogP contribution is -2.32. The summed E-state index contributed by atoms with van der Waals surface area (Å²) in [6, 6.07) is 0.590. The van der Waals surface area contributed by atoms with Crippen LogP contribution in [-0.4, -0.2) is 119 Å². The standard InChI is InChI=1S/C34H63NO10/c1-2-25(36)17-31(42)22-32(43)19-28(39)13-7-14-29(40)21-34(45)23-33(44)20-27(38)12-6-11-26(37)18-30(41)15-8-16-35-24-9-4-3-5-10-24/h6-7,12-13,24,26-35,37-45H,2-5,8-11,14-23H2,1H3. The molecular weight excluding hydrogens is 582 g/mol. The van der Waals surface area contributed by atoms with Gasteiger partial charge in [0.1, 0.15) is 5.78 Å². The van der Waals surface area contributed by atoms with Gasteiger partial charge in [0.25, 0.3) is 0 Å². The Hall–Kier alpha value is -1.25. The van der Waals surface area contributed by atoms with Gasteiger partial charge in [0.2, 0.25) is 0 Å². The average molecular weight is 646 g/mol. The van der Waals surface area contributed by atoms with Crippen molar-refractivity contribution in [2.24, 2.45) is 0 Å². The zero-order valence-electron chi connectivity index (χ0n) is 27.2. The number of hydrogen-bond donors (Lipinski definition) is 10. The minimum atomic E-state index is -1.01. The minimum absolute atomic E-state index is 0.0190. The number of rotatable bonds is 26. The number of hydrogen-bond acceptors (Lipinski definition) is 11. The van der Waals surface area contributed by atoms with Crippen LogP contribution >= 0.6 is 0 Å². The van der Waals surface area contributed by atoms with Crippen molar-refractivity contribution in [3.05, 3.63) is 24.3 Å². The molecule has 10 N–H and O–H groups in total. The molecule has 264 valence electrons. The van der Waals surface area contributed by atoms with Gasteiger partial charge in [-0.2, -0.15) is 0 Å². The van der Waals surface area contributed by atoms with Crippen molar-refractivity contribution >= 4 is 5.78 Å². The third-order valence-electron chi connectivity index (χ3n) is 8.35. The summed E-state index contributed by atoms with van der Waals surface area (Å²) in [6.45, 7) is 2.56. The zero-order chi connectivity index (χ0) is 33.6. The Labute approximate surface area is 269 Å². The summed E-state index contributed by atoms with van der Waals surface area (Å²) in [6.07, 6.45) is 6.37. The van der Waals surface area contributed by atoms with Crippen molar-refractivity contribution in [2.45, 2.75) is 177 Å². The van der Waals surface area contributed by atoms with E-state index >= 15 is 0 Å². The summed E-state index contributed by atoms with van der Waals surface area (Å²) in [5.41, 5.74) is 0. The van der Waals surface area contributed by atoms with Crippen LogP contribution in [0.15, 0.2) is 24.3 Å². The van der Waals surface area contributed by atoms with E-state index in [1.807, 2.05) is 0 Å². The molecule has 0 saturated heterocycles. The molecule has 0 amide bonds. The van der Waals surface area contributed by atoms with E-state index in [4.69, 9.17) is 0 Å². The van der Waals surface area contributed by atoms with E-state index in [-0.39, 0.29) is 63.6 Å². The molecule has 1 aliphatic carbocycles. The molecule has 11 nitrogen and oxygen atoms in total. The van der Waals surface area contributed by atoms with Crippen LogP contribution in [0.1, 0.15) is 116 Å². The fourth-order valence-corrected chi connectivity index (χ4v) is 5.80. The Bertz CT molecular complexity index is 806. The largest absolute Gasteiger partial charge is 0.393 e. The highest BCUT2D eigenvalue weighted by molar-refractivity contribution is 5.78. The third-order valence-corrected chi connectivity index (χ3v) is 8.35. The van der Waals surface area contributed by atoms with Crippen LogP contribution in [0.3, 0.4) is 0 Å². The number of nitrogens with one attached hydrogen (secondary N) is 1. The molecule has 0 aromatic carbocycles. The predicted octanol–water partition coefficient (Wildman–Crippen LogP) is 1.54. The summed E-state index contributed by atoms with van der Waals surface area (Å²) in [4.78, 5) is 11.4. The van der Waals surface area contributed by atoms with Crippen molar-refractivity contribution in [1.82, 2.24) is 5.32 Å². The molecule has 1 saturated carbocycles. The van der Waals surface area contributed by atoms with E-state index in [1.54, 1.807) is 13.0 Å². The topological polar surface area (TPSA) is 211 Å². The van der Waals surface area contributed by atoms with E-state index < -0.39 is 54.9 Å². The van der Waals surface area contributed by atoms with Gasteiger partial charge in [-0.1, -0.05) is 50.5 Å². The van der Waals surface area contributed by atoms with Crippen molar-refractivity contribution in [1.29, 1.82) is 0 Å². The Morgan fingerprint density at radius 2 is 1.11 bits per heavy atom. The molecule has 0 heterocycles.